The van der Waals surface area contributed by atoms with Crippen molar-refractivity contribution in [2.24, 2.45) is 0 Å². The van der Waals surface area contributed by atoms with E-state index in [-0.39, 0.29) is 37.6 Å². The highest BCUT2D eigenvalue weighted by Gasteiger charge is 2.26. The van der Waals surface area contributed by atoms with Crippen molar-refractivity contribution >= 4 is 35.4 Å². The van der Waals surface area contributed by atoms with Gasteiger partial charge < -0.3 is 30.4 Å². The molecule has 0 aliphatic rings. The summed E-state index contributed by atoms with van der Waals surface area (Å²) in [4.78, 5) is 36.4. The molecule has 0 aliphatic heterocycles. The quantitative estimate of drug-likeness (QED) is 0.0656. The number of nitrogens with two attached hydrogens (primary N) is 2. The molecule has 0 heterocycles. The standard InChI is InChI=1S/C32H33F3N2O7/c33-32(34,35)15-4-18-41-27-12-8-23(9-13-27)31(40)44-28-10-5-22(6-11-28)7-14-29(38)42-16-2-1-3-17-43-30(39)24-19-25(36)21-26(37)20-24/h5-14,19-21H,1-4,15-18,36-37H2/b14-7+. The van der Waals surface area contributed by atoms with Crippen molar-refractivity contribution in [1.82, 2.24) is 0 Å². The maximum absolute atomic E-state index is 12.4. The van der Waals surface area contributed by atoms with Crippen LogP contribution in [0.1, 0.15) is 58.4 Å². The monoisotopic (exact) mass is 614 g/mol. The summed E-state index contributed by atoms with van der Waals surface area (Å²) in [6.45, 7) is 0.333. The van der Waals surface area contributed by atoms with E-state index in [1.165, 1.54) is 42.5 Å². The second-order valence-electron chi connectivity index (χ2n) is 9.64. The number of unbranched alkanes of at least 4 members (excludes halogenated alkanes) is 2. The summed E-state index contributed by atoms with van der Waals surface area (Å²) >= 11 is 0. The van der Waals surface area contributed by atoms with Gasteiger partial charge in [0, 0.05) is 23.9 Å². The summed E-state index contributed by atoms with van der Waals surface area (Å²) in [5, 5.41) is 0. The molecule has 234 valence electrons. The number of nitrogen functional groups attached to an aromatic ring is 2. The Kier molecular flexibility index (Phi) is 12.6. The third-order valence-electron chi connectivity index (χ3n) is 5.95. The van der Waals surface area contributed by atoms with E-state index in [1.54, 1.807) is 36.4 Å². The van der Waals surface area contributed by atoms with Crippen molar-refractivity contribution in [3.63, 3.8) is 0 Å². The Balaban J connectivity index is 1.30. The van der Waals surface area contributed by atoms with Gasteiger partial charge in [-0.2, -0.15) is 13.2 Å². The molecular weight excluding hydrogens is 581 g/mol. The fourth-order valence-corrected chi connectivity index (χ4v) is 3.77. The second kappa shape index (κ2) is 16.6. The first-order chi connectivity index (χ1) is 21.0. The molecule has 44 heavy (non-hydrogen) atoms. The van der Waals surface area contributed by atoms with Gasteiger partial charge >= 0.3 is 24.1 Å². The van der Waals surface area contributed by atoms with Gasteiger partial charge in [-0.05, 0) is 91.9 Å². The summed E-state index contributed by atoms with van der Waals surface area (Å²) in [6, 6.07) is 16.9. The second-order valence-corrected chi connectivity index (χ2v) is 9.64. The van der Waals surface area contributed by atoms with E-state index in [2.05, 4.69) is 0 Å². The summed E-state index contributed by atoms with van der Waals surface area (Å²) in [5.41, 5.74) is 13.3. The van der Waals surface area contributed by atoms with E-state index in [4.69, 9.17) is 30.4 Å². The van der Waals surface area contributed by atoms with Crippen LogP contribution >= 0.6 is 0 Å². The smallest absolute Gasteiger partial charge is 0.389 e. The fraction of sp³-hybridized carbons (Fsp3) is 0.281. The van der Waals surface area contributed by atoms with E-state index >= 15 is 0 Å². The number of carbonyl (C=O) groups is 3. The third kappa shape index (κ3) is 12.5. The van der Waals surface area contributed by atoms with Crippen molar-refractivity contribution < 1.29 is 46.5 Å². The van der Waals surface area contributed by atoms with Gasteiger partial charge in [-0.3, -0.25) is 0 Å². The van der Waals surface area contributed by atoms with Gasteiger partial charge in [0.25, 0.3) is 0 Å². The van der Waals surface area contributed by atoms with Gasteiger partial charge in [-0.25, -0.2) is 14.4 Å². The lowest BCUT2D eigenvalue weighted by Crippen LogP contribution is -2.10. The normalized spacial score (nSPS) is 11.2. The molecule has 0 saturated heterocycles. The Bertz CT molecular complexity index is 1400. The predicted molar refractivity (Wildman–Crippen MR) is 158 cm³/mol. The minimum absolute atomic E-state index is 0.0916. The van der Waals surface area contributed by atoms with Gasteiger partial charge in [0.2, 0.25) is 0 Å². The van der Waals surface area contributed by atoms with Gasteiger partial charge in [-0.1, -0.05) is 12.1 Å². The largest absolute Gasteiger partial charge is 0.494 e. The minimum atomic E-state index is -4.22. The number of halogens is 3. The Morgan fingerprint density at radius 2 is 1.30 bits per heavy atom. The molecule has 0 radical (unpaired) electrons. The van der Waals surface area contributed by atoms with Gasteiger partial charge in [-0.15, -0.1) is 0 Å². The van der Waals surface area contributed by atoms with Crippen molar-refractivity contribution in [3.8, 4) is 11.5 Å². The number of hydrogen-bond donors (Lipinski definition) is 2. The highest BCUT2D eigenvalue weighted by atomic mass is 19.4. The lowest BCUT2D eigenvalue weighted by Gasteiger charge is -2.09. The number of carbonyl (C=O) groups excluding carboxylic acids is 3. The van der Waals surface area contributed by atoms with Crippen LogP contribution in [0.15, 0.2) is 72.8 Å². The lowest BCUT2D eigenvalue weighted by atomic mass is 10.2. The molecule has 3 aromatic carbocycles. The van der Waals surface area contributed by atoms with E-state index in [1.807, 2.05) is 0 Å². The Labute approximate surface area is 252 Å². The van der Waals surface area contributed by atoms with Crippen molar-refractivity contribution in [3.05, 3.63) is 89.5 Å². The molecular formula is C32H33F3N2O7. The maximum Gasteiger partial charge on any atom is 0.389 e. The van der Waals surface area contributed by atoms with Crippen LogP contribution in [-0.2, 0) is 14.3 Å². The molecule has 0 bridgehead atoms. The Morgan fingerprint density at radius 3 is 1.93 bits per heavy atom. The maximum atomic E-state index is 12.4. The first-order valence-corrected chi connectivity index (χ1v) is 13.8. The van der Waals surface area contributed by atoms with Crippen LogP contribution in [0, 0.1) is 0 Å². The molecule has 0 saturated carbocycles. The summed E-state index contributed by atoms with van der Waals surface area (Å²) < 4.78 is 57.6. The van der Waals surface area contributed by atoms with Crippen molar-refractivity contribution in [2.75, 3.05) is 31.3 Å². The van der Waals surface area contributed by atoms with E-state index < -0.39 is 30.5 Å². The van der Waals surface area contributed by atoms with Gasteiger partial charge in [0.05, 0.1) is 30.9 Å². The first kappa shape index (κ1) is 33.5. The molecule has 0 aliphatic carbocycles. The molecule has 0 atom stereocenters. The van der Waals surface area contributed by atoms with Gasteiger partial charge in [0.15, 0.2) is 0 Å². The van der Waals surface area contributed by atoms with Crippen LogP contribution in [-0.4, -0.2) is 43.9 Å². The average molecular weight is 615 g/mol. The van der Waals surface area contributed by atoms with Crippen molar-refractivity contribution in [2.45, 2.75) is 38.3 Å². The third-order valence-corrected chi connectivity index (χ3v) is 5.95. The first-order valence-electron chi connectivity index (χ1n) is 13.8. The SMILES string of the molecule is Nc1cc(N)cc(C(=O)OCCCCCOC(=O)/C=C/c2ccc(OC(=O)c3ccc(OCCCC(F)(F)F)cc3)cc2)c1. The lowest BCUT2D eigenvalue weighted by molar-refractivity contribution is -0.138. The summed E-state index contributed by atoms with van der Waals surface area (Å²) in [5.74, 6) is -1.01. The highest BCUT2D eigenvalue weighted by Crippen LogP contribution is 2.22. The van der Waals surface area contributed by atoms with Crippen LogP contribution in [0.25, 0.3) is 6.08 Å². The number of esters is 3. The molecule has 0 aromatic heterocycles. The molecule has 0 spiro atoms. The molecule has 3 aromatic rings. The number of ether oxygens (including phenoxy) is 4. The van der Waals surface area contributed by atoms with E-state index in [0.717, 1.165) is 0 Å². The molecule has 9 nitrogen and oxygen atoms in total. The average Bonchev–Trinajstić information content (AvgIpc) is 2.97. The molecule has 12 heteroatoms. The number of benzene rings is 3. The number of hydrogen-bond acceptors (Lipinski definition) is 9. The predicted octanol–water partition coefficient (Wildman–Crippen LogP) is 6.38. The molecule has 0 fully saturated rings. The topological polar surface area (TPSA) is 140 Å². The molecule has 4 N–H and O–H groups in total. The number of alkyl halides is 3. The molecule has 0 unspecified atom stereocenters. The highest BCUT2D eigenvalue weighted by molar-refractivity contribution is 5.92. The van der Waals surface area contributed by atoms with E-state index in [0.29, 0.717) is 47.5 Å². The van der Waals surface area contributed by atoms with E-state index in [9.17, 15) is 27.6 Å². The number of rotatable bonds is 15. The zero-order valence-electron chi connectivity index (χ0n) is 23.8. The van der Waals surface area contributed by atoms with Gasteiger partial charge in [0.1, 0.15) is 11.5 Å². The van der Waals surface area contributed by atoms with Crippen LogP contribution in [0.5, 0.6) is 11.5 Å². The summed E-state index contributed by atoms with van der Waals surface area (Å²) in [7, 11) is 0. The Hall–Kier alpha value is -5.00. The van der Waals surface area contributed by atoms with Crippen LogP contribution in [0.4, 0.5) is 24.5 Å². The van der Waals surface area contributed by atoms with Crippen LogP contribution < -0.4 is 20.9 Å². The van der Waals surface area contributed by atoms with Crippen LogP contribution in [0.3, 0.4) is 0 Å². The zero-order valence-corrected chi connectivity index (χ0v) is 23.8. The fourth-order valence-electron chi connectivity index (χ4n) is 3.77. The number of anilines is 2. The van der Waals surface area contributed by atoms with Crippen LogP contribution in [0.2, 0.25) is 0 Å². The minimum Gasteiger partial charge on any atom is -0.494 e. The van der Waals surface area contributed by atoms with Crippen molar-refractivity contribution in [1.29, 1.82) is 0 Å². The molecule has 0 amide bonds. The zero-order chi connectivity index (χ0) is 32.0. The summed E-state index contributed by atoms with van der Waals surface area (Å²) in [6.07, 6.45) is -0.586. The Morgan fingerprint density at radius 1 is 0.682 bits per heavy atom. The molecule has 3 rings (SSSR count).